The van der Waals surface area contributed by atoms with Gasteiger partial charge in [-0.2, -0.15) is 0 Å². The highest BCUT2D eigenvalue weighted by Gasteiger charge is 2.59. The summed E-state index contributed by atoms with van der Waals surface area (Å²) in [4.78, 5) is 23.4. The molecule has 2 fully saturated rings. The number of anilines is 1. The number of aliphatic carboxylic acids is 1. The molecule has 1 spiro atoms. The molecule has 2 N–H and O–H groups in total. The molecule has 1 aromatic carbocycles. The summed E-state index contributed by atoms with van der Waals surface area (Å²) < 4.78 is 24.8. The molecule has 7 nitrogen and oxygen atoms in total. The third-order valence-electron chi connectivity index (χ3n) is 5.67. The lowest BCUT2D eigenvalue weighted by Crippen LogP contribution is -2.28. The summed E-state index contributed by atoms with van der Waals surface area (Å²) in [5.41, 5.74) is 1.33. The topological polar surface area (TPSA) is 105 Å². The van der Waals surface area contributed by atoms with Crippen LogP contribution in [0.5, 0.6) is 0 Å². The summed E-state index contributed by atoms with van der Waals surface area (Å²) in [5.74, 6) is -0.730. The fraction of sp³-hybridized carbons (Fsp3) is 0.444. The summed E-state index contributed by atoms with van der Waals surface area (Å²) in [6, 6.07) is 7.20. The standard InChI is InChI=1S/C18H20N2O5S/c21-16(22)11-20-6-3-12-9-13(1-2-15(12)20)19-17(23)14-10-18(14)4-7-26(24,25)8-5-18/h1-3,6,9,14H,4-5,7-8,10-11H2,(H,19,23)(H,21,22). The quantitative estimate of drug-likeness (QED) is 0.848. The number of nitrogens with zero attached hydrogens (tertiary/aromatic N) is 1. The van der Waals surface area contributed by atoms with E-state index in [9.17, 15) is 18.0 Å². The molecule has 1 saturated carbocycles. The van der Waals surface area contributed by atoms with Crippen LogP contribution in [0.2, 0.25) is 0 Å². The Morgan fingerprint density at radius 3 is 2.65 bits per heavy atom. The molecule has 2 heterocycles. The SMILES string of the molecule is O=C(O)Cn1ccc2cc(NC(=O)C3CC34CCS(=O)(=O)CC4)ccc21. The summed E-state index contributed by atoms with van der Waals surface area (Å²) in [7, 11) is -2.93. The number of sulfone groups is 1. The minimum absolute atomic E-state index is 0.0615. The Bertz CT molecular complexity index is 994. The zero-order chi connectivity index (χ0) is 18.5. The molecule has 1 saturated heterocycles. The first kappa shape index (κ1) is 17.1. The molecule has 1 aliphatic carbocycles. The normalized spacial score (nSPS) is 23.0. The van der Waals surface area contributed by atoms with Crippen LogP contribution < -0.4 is 5.32 Å². The largest absolute Gasteiger partial charge is 0.480 e. The number of carbonyl (C=O) groups excluding carboxylic acids is 1. The lowest BCUT2D eigenvalue weighted by Gasteiger charge is -2.22. The Kier molecular flexibility index (Phi) is 3.83. The fourth-order valence-electron chi connectivity index (χ4n) is 4.01. The van der Waals surface area contributed by atoms with Gasteiger partial charge in [-0.05, 0) is 48.9 Å². The van der Waals surface area contributed by atoms with Crippen molar-refractivity contribution in [2.24, 2.45) is 11.3 Å². The summed E-state index contributed by atoms with van der Waals surface area (Å²) in [6.07, 6.45) is 3.61. The van der Waals surface area contributed by atoms with Crippen LogP contribution in [-0.2, 0) is 26.0 Å². The maximum absolute atomic E-state index is 12.6. The zero-order valence-corrected chi connectivity index (χ0v) is 15.0. The first-order chi connectivity index (χ1) is 12.3. The lowest BCUT2D eigenvalue weighted by atomic mass is 9.96. The van der Waals surface area contributed by atoms with Gasteiger partial charge in [0, 0.05) is 28.7 Å². The van der Waals surface area contributed by atoms with E-state index in [0.717, 1.165) is 17.3 Å². The molecule has 0 radical (unpaired) electrons. The minimum atomic E-state index is -2.93. The molecule has 1 aromatic heterocycles. The van der Waals surface area contributed by atoms with Gasteiger partial charge in [0.2, 0.25) is 5.91 Å². The van der Waals surface area contributed by atoms with Crippen LogP contribution in [0.25, 0.3) is 10.9 Å². The number of fused-ring (bicyclic) bond motifs is 1. The van der Waals surface area contributed by atoms with Crippen molar-refractivity contribution < 1.29 is 23.1 Å². The highest BCUT2D eigenvalue weighted by Crippen LogP contribution is 2.60. The van der Waals surface area contributed by atoms with Crippen molar-refractivity contribution in [3.63, 3.8) is 0 Å². The molecular formula is C18H20N2O5S. The Labute approximate surface area is 150 Å². The summed E-state index contributed by atoms with van der Waals surface area (Å²) in [6.45, 7) is -0.108. The first-order valence-electron chi connectivity index (χ1n) is 8.60. The monoisotopic (exact) mass is 376 g/mol. The van der Waals surface area contributed by atoms with Gasteiger partial charge in [-0.3, -0.25) is 9.59 Å². The smallest absolute Gasteiger partial charge is 0.323 e. The number of hydrogen-bond donors (Lipinski definition) is 2. The average Bonchev–Trinajstić information content (AvgIpc) is 3.17. The number of amides is 1. The van der Waals surface area contributed by atoms with Crippen LogP contribution in [0.1, 0.15) is 19.3 Å². The van der Waals surface area contributed by atoms with Crippen LogP contribution in [0, 0.1) is 11.3 Å². The van der Waals surface area contributed by atoms with Crippen LogP contribution in [0.3, 0.4) is 0 Å². The van der Waals surface area contributed by atoms with E-state index < -0.39 is 15.8 Å². The number of aromatic nitrogens is 1. The Balaban J connectivity index is 1.45. The third-order valence-corrected chi connectivity index (χ3v) is 7.32. The first-order valence-corrected chi connectivity index (χ1v) is 10.4. The van der Waals surface area contributed by atoms with Crippen molar-refractivity contribution >= 4 is 38.3 Å². The molecule has 0 bridgehead atoms. The van der Waals surface area contributed by atoms with Gasteiger partial charge in [-0.1, -0.05) is 0 Å². The van der Waals surface area contributed by atoms with Crippen LogP contribution in [0.15, 0.2) is 30.5 Å². The number of benzene rings is 1. The second kappa shape index (κ2) is 5.84. The van der Waals surface area contributed by atoms with Gasteiger partial charge in [0.1, 0.15) is 16.4 Å². The van der Waals surface area contributed by atoms with E-state index in [4.69, 9.17) is 5.11 Å². The number of carboxylic acid groups (broad SMARTS) is 1. The number of nitrogens with one attached hydrogen (secondary N) is 1. The van der Waals surface area contributed by atoms with Crippen molar-refractivity contribution in [3.8, 4) is 0 Å². The lowest BCUT2D eigenvalue weighted by molar-refractivity contribution is -0.137. The Morgan fingerprint density at radius 2 is 1.96 bits per heavy atom. The van der Waals surface area contributed by atoms with Crippen molar-refractivity contribution in [2.45, 2.75) is 25.8 Å². The van der Waals surface area contributed by atoms with Crippen molar-refractivity contribution in [3.05, 3.63) is 30.5 Å². The Morgan fingerprint density at radius 1 is 1.23 bits per heavy atom. The van der Waals surface area contributed by atoms with Gasteiger partial charge in [0.25, 0.3) is 0 Å². The second-order valence-corrected chi connectivity index (χ2v) is 9.67. The third kappa shape index (κ3) is 3.09. The molecule has 1 unspecified atom stereocenters. The number of carboxylic acids is 1. The molecule has 1 amide bonds. The van der Waals surface area contributed by atoms with Gasteiger partial charge in [0.15, 0.2) is 0 Å². The zero-order valence-electron chi connectivity index (χ0n) is 14.1. The molecule has 8 heteroatoms. The predicted molar refractivity (Wildman–Crippen MR) is 96.6 cm³/mol. The predicted octanol–water partition coefficient (Wildman–Crippen LogP) is 1.88. The van der Waals surface area contributed by atoms with Crippen LogP contribution in [-0.4, -0.2) is 41.5 Å². The maximum atomic E-state index is 12.6. The number of carbonyl (C=O) groups is 2. The molecule has 1 atom stereocenters. The van der Waals surface area contributed by atoms with Crippen LogP contribution in [0.4, 0.5) is 5.69 Å². The fourth-order valence-corrected chi connectivity index (χ4v) is 5.65. The van der Waals surface area contributed by atoms with E-state index >= 15 is 0 Å². The molecule has 2 aliphatic rings. The van der Waals surface area contributed by atoms with E-state index in [1.165, 1.54) is 0 Å². The Hall–Kier alpha value is -2.35. The van der Waals surface area contributed by atoms with Crippen LogP contribution >= 0.6 is 0 Å². The molecule has 138 valence electrons. The molecule has 2 aromatic rings. The van der Waals surface area contributed by atoms with Gasteiger partial charge >= 0.3 is 5.97 Å². The molecule has 1 aliphatic heterocycles. The van der Waals surface area contributed by atoms with E-state index in [1.807, 2.05) is 12.1 Å². The van der Waals surface area contributed by atoms with E-state index in [1.54, 1.807) is 22.9 Å². The average molecular weight is 376 g/mol. The number of rotatable bonds is 4. The van der Waals surface area contributed by atoms with E-state index in [2.05, 4.69) is 5.32 Å². The van der Waals surface area contributed by atoms with Gasteiger partial charge < -0.3 is 15.0 Å². The number of hydrogen-bond acceptors (Lipinski definition) is 4. The highest BCUT2D eigenvalue weighted by molar-refractivity contribution is 7.91. The maximum Gasteiger partial charge on any atom is 0.323 e. The van der Waals surface area contributed by atoms with E-state index in [0.29, 0.717) is 18.5 Å². The summed E-state index contributed by atoms with van der Waals surface area (Å²) >= 11 is 0. The van der Waals surface area contributed by atoms with Gasteiger partial charge in [-0.25, -0.2) is 8.42 Å². The minimum Gasteiger partial charge on any atom is -0.480 e. The molecular weight excluding hydrogens is 356 g/mol. The molecule has 4 rings (SSSR count). The highest BCUT2D eigenvalue weighted by atomic mass is 32.2. The van der Waals surface area contributed by atoms with E-state index in [-0.39, 0.29) is 35.3 Å². The summed E-state index contributed by atoms with van der Waals surface area (Å²) in [5, 5.41) is 12.7. The van der Waals surface area contributed by atoms with Gasteiger partial charge in [-0.15, -0.1) is 0 Å². The molecule has 26 heavy (non-hydrogen) atoms. The van der Waals surface area contributed by atoms with Gasteiger partial charge in [0.05, 0.1) is 11.5 Å². The second-order valence-electron chi connectivity index (χ2n) is 7.37. The van der Waals surface area contributed by atoms with Crippen molar-refractivity contribution in [1.29, 1.82) is 0 Å². The van der Waals surface area contributed by atoms with Crippen molar-refractivity contribution in [1.82, 2.24) is 4.57 Å². The van der Waals surface area contributed by atoms with Crippen molar-refractivity contribution in [2.75, 3.05) is 16.8 Å².